The SMILES string of the molecule is CSCc1ccc(C(=O)N(C)CC(C)C(=O)O)o1. The van der Waals surface area contributed by atoms with Crippen LogP contribution >= 0.6 is 11.8 Å². The molecule has 1 rings (SSSR count). The summed E-state index contributed by atoms with van der Waals surface area (Å²) in [5, 5.41) is 8.79. The van der Waals surface area contributed by atoms with Crippen molar-refractivity contribution in [1.29, 1.82) is 0 Å². The molecule has 6 heteroatoms. The van der Waals surface area contributed by atoms with Crippen molar-refractivity contribution in [2.45, 2.75) is 12.7 Å². The number of carbonyl (C=O) groups excluding carboxylic acids is 1. The zero-order chi connectivity index (χ0) is 13.7. The van der Waals surface area contributed by atoms with Crippen LogP contribution < -0.4 is 0 Å². The summed E-state index contributed by atoms with van der Waals surface area (Å²) in [6.07, 6.45) is 1.95. The second-order valence-electron chi connectivity index (χ2n) is 4.12. The average molecular weight is 271 g/mol. The highest BCUT2D eigenvalue weighted by atomic mass is 32.2. The fourth-order valence-electron chi connectivity index (χ4n) is 1.47. The molecule has 1 N–H and O–H groups in total. The topological polar surface area (TPSA) is 70.8 Å². The van der Waals surface area contributed by atoms with Gasteiger partial charge in [-0.1, -0.05) is 6.92 Å². The Morgan fingerprint density at radius 1 is 1.50 bits per heavy atom. The Morgan fingerprint density at radius 2 is 2.17 bits per heavy atom. The van der Waals surface area contributed by atoms with Crippen LogP contribution in [0.4, 0.5) is 0 Å². The Bertz CT molecular complexity index is 429. The first-order valence-corrected chi connectivity index (χ1v) is 6.91. The van der Waals surface area contributed by atoms with Crippen LogP contribution in [-0.4, -0.2) is 41.7 Å². The van der Waals surface area contributed by atoms with Crippen molar-refractivity contribution in [3.05, 3.63) is 23.7 Å². The molecule has 100 valence electrons. The first-order valence-electron chi connectivity index (χ1n) is 5.51. The Kier molecular flexibility index (Phi) is 5.27. The highest BCUT2D eigenvalue weighted by molar-refractivity contribution is 7.97. The number of hydrogen-bond donors (Lipinski definition) is 1. The molecule has 0 spiro atoms. The molecule has 0 fully saturated rings. The summed E-state index contributed by atoms with van der Waals surface area (Å²) in [6.45, 7) is 1.72. The van der Waals surface area contributed by atoms with Crippen molar-refractivity contribution in [3.63, 3.8) is 0 Å². The van der Waals surface area contributed by atoms with E-state index in [2.05, 4.69) is 0 Å². The van der Waals surface area contributed by atoms with Gasteiger partial charge in [0.1, 0.15) is 5.76 Å². The van der Waals surface area contributed by atoms with Gasteiger partial charge in [-0.3, -0.25) is 9.59 Å². The van der Waals surface area contributed by atoms with Gasteiger partial charge in [-0.15, -0.1) is 0 Å². The maximum atomic E-state index is 12.0. The zero-order valence-electron chi connectivity index (χ0n) is 10.7. The summed E-state index contributed by atoms with van der Waals surface area (Å²) in [6, 6.07) is 3.38. The van der Waals surface area contributed by atoms with Crippen LogP contribution in [0, 0.1) is 5.92 Å². The van der Waals surface area contributed by atoms with E-state index in [4.69, 9.17) is 9.52 Å². The van der Waals surface area contributed by atoms with E-state index >= 15 is 0 Å². The van der Waals surface area contributed by atoms with Gasteiger partial charge in [-0.05, 0) is 18.4 Å². The number of carboxylic acid groups (broad SMARTS) is 1. The normalized spacial score (nSPS) is 12.2. The van der Waals surface area contributed by atoms with Crippen molar-refractivity contribution in [1.82, 2.24) is 4.90 Å². The van der Waals surface area contributed by atoms with E-state index in [0.29, 0.717) is 5.75 Å². The van der Waals surface area contributed by atoms with Crippen LogP contribution in [0.1, 0.15) is 23.2 Å². The molecular formula is C12H17NO4S. The van der Waals surface area contributed by atoms with Crippen molar-refractivity contribution in [2.24, 2.45) is 5.92 Å². The lowest BCUT2D eigenvalue weighted by atomic mass is 10.2. The molecule has 0 bridgehead atoms. The van der Waals surface area contributed by atoms with Crippen LogP contribution in [0.5, 0.6) is 0 Å². The molecule has 5 nitrogen and oxygen atoms in total. The maximum absolute atomic E-state index is 12.0. The van der Waals surface area contributed by atoms with E-state index in [9.17, 15) is 9.59 Å². The van der Waals surface area contributed by atoms with Gasteiger partial charge in [-0.25, -0.2) is 0 Å². The number of aliphatic carboxylic acids is 1. The number of thioether (sulfide) groups is 1. The van der Waals surface area contributed by atoms with Gasteiger partial charge in [0.2, 0.25) is 0 Å². The molecule has 0 aliphatic heterocycles. The predicted octanol–water partition coefficient (Wildman–Crippen LogP) is 1.94. The molecule has 0 saturated heterocycles. The van der Waals surface area contributed by atoms with E-state index in [-0.39, 0.29) is 18.2 Å². The lowest BCUT2D eigenvalue weighted by Gasteiger charge is -2.18. The van der Waals surface area contributed by atoms with E-state index < -0.39 is 11.9 Å². The van der Waals surface area contributed by atoms with Gasteiger partial charge in [0, 0.05) is 13.6 Å². The number of carboxylic acids is 1. The van der Waals surface area contributed by atoms with E-state index in [1.54, 1.807) is 37.9 Å². The highest BCUT2D eigenvalue weighted by Crippen LogP contribution is 2.15. The monoisotopic (exact) mass is 271 g/mol. The number of rotatable bonds is 6. The largest absolute Gasteiger partial charge is 0.481 e. The predicted molar refractivity (Wildman–Crippen MR) is 69.7 cm³/mol. The number of hydrogen-bond acceptors (Lipinski definition) is 4. The summed E-state index contributed by atoms with van der Waals surface area (Å²) >= 11 is 1.61. The van der Waals surface area contributed by atoms with Crippen LogP contribution in [0.15, 0.2) is 16.5 Å². The molecule has 0 aromatic carbocycles. The second kappa shape index (κ2) is 6.49. The molecule has 18 heavy (non-hydrogen) atoms. The molecule has 1 aromatic rings. The number of amides is 1. The lowest BCUT2D eigenvalue weighted by Crippen LogP contribution is -2.33. The fourth-order valence-corrected chi connectivity index (χ4v) is 1.91. The summed E-state index contributed by atoms with van der Waals surface area (Å²) in [7, 11) is 1.57. The summed E-state index contributed by atoms with van der Waals surface area (Å²) in [5.74, 6) is -0.112. The first kappa shape index (κ1) is 14.6. The minimum atomic E-state index is -0.919. The van der Waals surface area contributed by atoms with Gasteiger partial charge < -0.3 is 14.4 Å². The fraction of sp³-hybridized carbons (Fsp3) is 0.500. The molecule has 1 atom stereocenters. The zero-order valence-corrected chi connectivity index (χ0v) is 11.5. The number of carbonyl (C=O) groups is 2. The lowest BCUT2D eigenvalue weighted by molar-refractivity contribution is -0.141. The standard InChI is InChI=1S/C12H17NO4S/c1-8(12(15)16)6-13(2)11(14)10-5-4-9(17-10)7-18-3/h4-5,8H,6-7H2,1-3H3,(H,15,16). The van der Waals surface area contributed by atoms with Gasteiger partial charge in [0.05, 0.1) is 11.7 Å². The number of furan rings is 1. The molecule has 0 aliphatic rings. The molecule has 0 radical (unpaired) electrons. The van der Waals surface area contributed by atoms with Crippen molar-refractivity contribution >= 4 is 23.6 Å². The smallest absolute Gasteiger partial charge is 0.308 e. The Balaban J connectivity index is 2.64. The highest BCUT2D eigenvalue weighted by Gasteiger charge is 2.20. The first-order chi connectivity index (χ1) is 8.45. The molecule has 0 saturated carbocycles. The molecule has 1 heterocycles. The molecule has 0 aliphatic carbocycles. The van der Waals surface area contributed by atoms with E-state index in [1.807, 2.05) is 6.26 Å². The van der Waals surface area contributed by atoms with Crippen molar-refractivity contribution in [3.8, 4) is 0 Å². The Labute approximate surface area is 110 Å². The molecule has 1 aromatic heterocycles. The minimum absolute atomic E-state index is 0.159. The van der Waals surface area contributed by atoms with Gasteiger partial charge >= 0.3 is 5.97 Å². The van der Waals surface area contributed by atoms with Crippen LogP contribution in [0.25, 0.3) is 0 Å². The van der Waals surface area contributed by atoms with Crippen molar-refractivity contribution in [2.75, 3.05) is 19.8 Å². The van der Waals surface area contributed by atoms with E-state index in [0.717, 1.165) is 5.76 Å². The maximum Gasteiger partial charge on any atom is 0.308 e. The van der Waals surface area contributed by atoms with Crippen LogP contribution in [-0.2, 0) is 10.5 Å². The van der Waals surface area contributed by atoms with Crippen molar-refractivity contribution < 1.29 is 19.1 Å². The van der Waals surface area contributed by atoms with Gasteiger partial charge in [-0.2, -0.15) is 11.8 Å². The molecular weight excluding hydrogens is 254 g/mol. The molecule has 1 amide bonds. The summed E-state index contributed by atoms with van der Waals surface area (Å²) in [4.78, 5) is 24.0. The van der Waals surface area contributed by atoms with Gasteiger partial charge in [0.15, 0.2) is 5.76 Å². The summed E-state index contributed by atoms with van der Waals surface area (Å²) in [5.41, 5.74) is 0. The average Bonchev–Trinajstić information content (AvgIpc) is 2.76. The van der Waals surface area contributed by atoms with Gasteiger partial charge in [0.25, 0.3) is 5.91 Å². The summed E-state index contributed by atoms with van der Waals surface area (Å²) < 4.78 is 5.39. The molecule has 1 unspecified atom stereocenters. The quantitative estimate of drug-likeness (QED) is 0.856. The third-order valence-corrected chi connectivity index (χ3v) is 3.05. The minimum Gasteiger partial charge on any atom is -0.481 e. The third-order valence-electron chi connectivity index (χ3n) is 2.48. The third kappa shape index (κ3) is 3.80. The van der Waals surface area contributed by atoms with Crippen LogP contribution in [0.2, 0.25) is 0 Å². The Morgan fingerprint density at radius 3 is 2.72 bits per heavy atom. The Hall–Kier alpha value is -1.43. The number of nitrogens with zero attached hydrogens (tertiary/aromatic N) is 1. The second-order valence-corrected chi connectivity index (χ2v) is 4.99. The van der Waals surface area contributed by atoms with E-state index in [1.165, 1.54) is 4.90 Å². The van der Waals surface area contributed by atoms with Crippen LogP contribution in [0.3, 0.4) is 0 Å².